The summed E-state index contributed by atoms with van der Waals surface area (Å²) in [6.07, 6.45) is -1.89. The standard InChI is InChI=1S/C8H10N2O2/c11-7-8(12)10-6-4-2-1-3-5(6)9-7/h1-4,7-12H. The molecule has 0 aliphatic carbocycles. The van der Waals surface area contributed by atoms with Crippen LogP contribution in [0.1, 0.15) is 0 Å². The van der Waals surface area contributed by atoms with Crippen LogP contribution in [-0.4, -0.2) is 22.7 Å². The van der Waals surface area contributed by atoms with Crippen molar-refractivity contribution < 1.29 is 10.2 Å². The van der Waals surface area contributed by atoms with Gasteiger partial charge in [0.25, 0.3) is 0 Å². The Kier molecular flexibility index (Phi) is 1.64. The summed E-state index contributed by atoms with van der Waals surface area (Å²) in [5.74, 6) is 0. The van der Waals surface area contributed by atoms with Crippen molar-refractivity contribution in [3.8, 4) is 0 Å². The average molecular weight is 166 g/mol. The Morgan fingerprint density at radius 1 is 0.917 bits per heavy atom. The number of hydrogen-bond acceptors (Lipinski definition) is 4. The molecule has 1 aliphatic heterocycles. The number of benzene rings is 1. The molecule has 1 aliphatic rings. The minimum atomic E-state index is -0.945. The van der Waals surface area contributed by atoms with E-state index in [-0.39, 0.29) is 0 Å². The van der Waals surface area contributed by atoms with Gasteiger partial charge in [0.1, 0.15) is 0 Å². The molecule has 0 spiro atoms. The molecule has 64 valence electrons. The summed E-state index contributed by atoms with van der Waals surface area (Å²) in [6, 6.07) is 7.38. The number of fused-ring (bicyclic) bond motifs is 1. The zero-order valence-corrected chi connectivity index (χ0v) is 6.36. The molecule has 2 unspecified atom stereocenters. The van der Waals surface area contributed by atoms with Crippen LogP contribution in [0.15, 0.2) is 24.3 Å². The number of anilines is 2. The minimum Gasteiger partial charge on any atom is -0.369 e. The van der Waals surface area contributed by atoms with E-state index in [1.807, 2.05) is 24.3 Å². The number of hydrogen-bond donors (Lipinski definition) is 4. The highest BCUT2D eigenvalue weighted by atomic mass is 16.4. The van der Waals surface area contributed by atoms with E-state index >= 15 is 0 Å². The van der Waals surface area contributed by atoms with Crippen LogP contribution >= 0.6 is 0 Å². The lowest BCUT2D eigenvalue weighted by atomic mass is 10.2. The smallest absolute Gasteiger partial charge is 0.169 e. The van der Waals surface area contributed by atoms with Crippen molar-refractivity contribution >= 4 is 11.4 Å². The van der Waals surface area contributed by atoms with E-state index in [1.165, 1.54) is 0 Å². The summed E-state index contributed by atoms with van der Waals surface area (Å²) in [5.41, 5.74) is 1.60. The Hall–Kier alpha value is -1.26. The second kappa shape index (κ2) is 2.66. The topological polar surface area (TPSA) is 64.5 Å². The third-order valence-corrected chi connectivity index (χ3v) is 1.83. The van der Waals surface area contributed by atoms with Gasteiger partial charge in [0.05, 0.1) is 11.4 Å². The molecule has 0 aromatic heterocycles. The molecule has 1 heterocycles. The molecule has 4 N–H and O–H groups in total. The van der Waals surface area contributed by atoms with Crippen molar-refractivity contribution in [3.63, 3.8) is 0 Å². The average Bonchev–Trinajstić information content (AvgIpc) is 2.07. The van der Waals surface area contributed by atoms with E-state index in [4.69, 9.17) is 0 Å². The van der Waals surface area contributed by atoms with E-state index in [2.05, 4.69) is 10.6 Å². The fourth-order valence-electron chi connectivity index (χ4n) is 1.21. The third kappa shape index (κ3) is 1.11. The molecular formula is C8H10N2O2. The molecule has 12 heavy (non-hydrogen) atoms. The van der Waals surface area contributed by atoms with Crippen LogP contribution in [-0.2, 0) is 0 Å². The fraction of sp³-hybridized carbons (Fsp3) is 0.250. The van der Waals surface area contributed by atoms with Gasteiger partial charge in [0.15, 0.2) is 12.5 Å². The Balaban J connectivity index is 2.34. The molecule has 4 nitrogen and oxygen atoms in total. The maximum absolute atomic E-state index is 9.20. The third-order valence-electron chi connectivity index (χ3n) is 1.83. The number of aliphatic hydroxyl groups is 2. The summed E-state index contributed by atoms with van der Waals surface area (Å²) < 4.78 is 0. The number of aliphatic hydroxyl groups excluding tert-OH is 2. The van der Waals surface area contributed by atoms with Crippen molar-refractivity contribution in [2.75, 3.05) is 10.6 Å². The van der Waals surface area contributed by atoms with E-state index in [9.17, 15) is 10.2 Å². The lowest BCUT2D eigenvalue weighted by molar-refractivity contribution is 0.0528. The molecule has 0 fully saturated rings. The van der Waals surface area contributed by atoms with Crippen molar-refractivity contribution in [1.29, 1.82) is 0 Å². The Morgan fingerprint density at radius 2 is 1.33 bits per heavy atom. The lowest BCUT2D eigenvalue weighted by Crippen LogP contribution is -2.42. The van der Waals surface area contributed by atoms with Gasteiger partial charge in [-0.1, -0.05) is 12.1 Å². The maximum Gasteiger partial charge on any atom is 0.169 e. The highest BCUT2D eigenvalue weighted by Gasteiger charge is 2.22. The van der Waals surface area contributed by atoms with E-state index in [1.54, 1.807) is 0 Å². The van der Waals surface area contributed by atoms with E-state index in [0.29, 0.717) is 0 Å². The molecule has 0 amide bonds. The van der Waals surface area contributed by atoms with Gasteiger partial charge >= 0.3 is 0 Å². The second-order valence-electron chi connectivity index (χ2n) is 2.72. The quantitative estimate of drug-likeness (QED) is 0.443. The van der Waals surface area contributed by atoms with Gasteiger partial charge in [-0.05, 0) is 12.1 Å². The van der Waals surface area contributed by atoms with Crippen LogP contribution < -0.4 is 10.6 Å². The van der Waals surface area contributed by atoms with Gasteiger partial charge in [0, 0.05) is 0 Å². The summed E-state index contributed by atoms with van der Waals surface area (Å²) >= 11 is 0. The first-order valence-corrected chi connectivity index (χ1v) is 3.75. The van der Waals surface area contributed by atoms with Crippen LogP contribution in [0.2, 0.25) is 0 Å². The molecule has 0 radical (unpaired) electrons. The molecule has 0 saturated carbocycles. The van der Waals surface area contributed by atoms with Crippen LogP contribution in [0.25, 0.3) is 0 Å². The van der Waals surface area contributed by atoms with Crippen LogP contribution in [0.3, 0.4) is 0 Å². The monoisotopic (exact) mass is 166 g/mol. The molecule has 1 aromatic carbocycles. The molecule has 1 aromatic rings. The van der Waals surface area contributed by atoms with Crippen LogP contribution in [0.4, 0.5) is 11.4 Å². The van der Waals surface area contributed by atoms with Crippen molar-refractivity contribution in [1.82, 2.24) is 0 Å². The fourth-order valence-corrected chi connectivity index (χ4v) is 1.21. The molecular weight excluding hydrogens is 156 g/mol. The first-order valence-electron chi connectivity index (χ1n) is 3.75. The lowest BCUT2D eigenvalue weighted by Gasteiger charge is -2.29. The predicted octanol–water partition coefficient (Wildman–Crippen LogP) is 0.161. The number of para-hydroxylation sites is 2. The second-order valence-corrected chi connectivity index (χ2v) is 2.72. The Bertz CT molecular complexity index is 261. The van der Waals surface area contributed by atoms with Gasteiger partial charge < -0.3 is 20.8 Å². The Labute approximate surface area is 69.8 Å². The summed E-state index contributed by atoms with van der Waals surface area (Å²) in [4.78, 5) is 0. The summed E-state index contributed by atoms with van der Waals surface area (Å²) in [5, 5.41) is 23.9. The molecule has 0 saturated heterocycles. The summed E-state index contributed by atoms with van der Waals surface area (Å²) in [6.45, 7) is 0. The highest BCUT2D eigenvalue weighted by Crippen LogP contribution is 2.26. The molecule has 2 atom stereocenters. The number of nitrogens with one attached hydrogen (secondary N) is 2. The van der Waals surface area contributed by atoms with Gasteiger partial charge in [-0.15, -0.1) is 0 Å². The molecule has 4 heteroatoms. The van der Waals surface area contributed by atoms with Gasteiger partial charge in [-0.2, -0.15) is 0 Å². The zero-order chi connectivity index (χ0) is 8.55. The van der Waals surface area contributed by atoms with Crippen molar-refractivity contribution in [3.05, 3.63) is 24.3 Å². The van der Waals surface area contributed by atoms with E-state index in [0.717, 1.165) is 11.4 Å². The molecule has 0 bridgehead atoms. The van der Waals surface area contributed by atoms with Crippen molar-refractivity contribution in [2.24, 2.45) is 0 Å². The first-order chi connectivity index (χ1) is 5.77. The van der Waals surface area contributed by atoms with Gasteiger partial charge in [0.2, 0.25) is 0 Å². The number of rotatable bonds is 0. The zero-order valence-electron chi connectivity index (χ0n) is 6.36. The van der Waals surface area contributed by atoms with Crippen molar-refractivity contribution in [2.45, 2.75) is 12.5 Å². The Morgan fingerprint density at radius 3 is 1.75 bits per heavy atom. The molecule has 2 rings (SSSR count). The van der Waals surface area contributed by atoms with Gasteiger partial charge in [-0.25, -0.2) is 0 Å². The van der Waals surface area contributed by atoms with Gasteiger partial charge in [-0.3, -0.25) is 0 Å². The first kappa shape index (κ1) is 7.39. The van der Waals surface area contributed by atoms with Crippen LogP contribution in [0, 0.1) is 0 Å². The minimum absolute atomic E-state index is 0.801. The maximum atomic E-state index is 9.20. The largest absolute Gasteiger partial charge is 0.369 e. The van der Waals surface area contributed by atoms with E-state index < -0.39 is 12.5 Å². The normalized spacial score (nSPS) is 26.8. The van der Waals surface area contributed by atoms with Crippen LogP contribution in [0.5, 0.6) is 0 Å². The summed E-state index contributed by atoms with van der Waals surface area (Å²) in [7, 11) is 0. The SMILES string of the molecule is OC1Nc2ccccc2NC1O. The highest BCUT2D eigenvalue weighted by molar-refractivity contribution is 5.70. The predicted molar refractivity (Wildman–Crippen MR) is 45.7 cm³/mol.